The quantitative estimate of drug-likeness (QED) is 0.511. The fraction of sp³-hybridized carbons (Fsp3) is 0.261. The highest BCUT2D eigenvalue weighted by atomic mass is 19.1. The number of ether oxygens (including phenoxy) is 2. The molecule has 32 heavy (non-hydrogen) atoms. The zero-order chi connectivity index (χ0) is 22.4. The van der Waals surface area contributed by atoms with Gasteiger partial charge in [0.25, 0.3) is 0 Å². The molecule has 4 aromatic rings. The van der Waals surface area contributed by atoms with Gasteiger partial charge in [0.1, 0.15) is 11.9 Å². The minimum atomic E-state index is -0.496. The Morgan fingerprint density at radius 3 is 2.88 bits per heavy atom. The molecule has 4 heterocycles. The summed E-state index contributed by atoms with van der Waals surface area (Å²) in [6.07, 6.45) is 3.04. The first-order chi connectivity index (χ1) is 15.5. The van der Waals surface area contributed by atoms with Crippen molar-refractivity contribution >= 4 is 5.82 Å². The Morgan fingerprint density at radius 2 is 2.09 bits per heavy atom. The first-order valence-corrected chi connectivity index (χ1v) is 10.4. The Kier molecular flexibility index (Phi) is 4.80. The second-order valence-electron chi connectivity index (χ2n) is 7.66. The number of rotatable bonds is 2. The van der Waals surface area contributed by atoms with Gasteiger partial charge in [0.05, 0.1) is 31.2 Å². The van der Waals surface area contributed by atoms with Crippen molar-refractivity contribution in [2.75, 3.05) is 12.8 Å². The van der Waals surface area contributed by atoms with E-state index in [4.69, 9.17) is 15.2 Å². The Bertz CT molecular complexity index is 1310. The molecule has 164 valence electrons. The van der Waals surface area contributed by atoms with E-state index in [2.05, 4.69) is 15.2 Å². The molecule has 0 amide bonds. The standard InChI is InChI=1S/C23H23FN6O2/c1-4-29-22-14-7-20(23(25)26-10-14)32-13(2)18-8-16(24)5-6-17(18)19-9-21(31-3)28-30(19)12-15(22)11-27-29/h5-11,13H,4,12H2,1-3H3,(H2,25,26). The number of methoxy groups -OCH3 is 1. The summed E-state index contributed by atoms with van der Waals surface area (Å²) in [6, 6.07) is 8.34. The second kappa shape index (κ2) is 7.67. The van der Waals surface area contributed by atoms with Crippen LogP contribution < -0.4 is 15.2 Å². The molecule has 0 saturated heterocycles. The van der Waals surface area contributed by atoms with Crippen molar-refractivity contribution < 1.29 is 13.9 Å². The molecule has 5 rings (SSSR count). The molecular formula is C23H23FN6O2. The highest BCUT2D eigenvalue weighted by molar-refractivity contribution is 5.69. The molecule has 1 atom stereocenters. The summed E-state index contributed by atoms with van der Waals surface area (Å²) in [5.74, 6) is 0.823. The van der Waals surface area contributed by atoms with Gasteiger partial charge in [0.15, 0.2) is 11.6 Å². The normalized spacial score (nSPS) is 14.9. The SMILES string of the molecule is CCn1ncc2c1-c1cnc(N)c(c1)OC(C)c1cc(F)ccc1-c1cc(OC)nn1C2. The first-order valence-electron chi connectivity index (χ1n) is 10.4. The molecule has 1 aromatic carbocycles. The van der Waals surface area contributed by atoms with Gasteiger partial charge in [0.2, 0.25) is 5.88 Å². The Balaban J connectivity index is 1.81. The van der Waals surface area contributed by atoms with E-state index in [9.17, 15) is 4.39 Å². The number of benzene rings is 1. The number of aryl methyl sites for hydroxylation is 1. The van der Waals surface area contributed by atoms with Gasteiger partial charge in [-0.15, -0.1) is 5.10 Å². The molecule has 8 nitrogen and oxygen atoms in total. The van der Waals surface area contributed by atoms with E-state index in [-0.39, 0.29) is 11.6 Å². The summed E-state index contributed by atoms with van der Waals surface area (Å²) >= 11 is 0. The number of anilines is 1. The Labute approximate surface area is 184 Å². The van der Waals surface area contributed by atoms with E-state index < -0.39 is 6.10 Å². The number of halogens is 1. The lowest BCUT2D eigenvalue weighted by atomic mass is 9.99. The van der Waals surface area contributed by atoms with E-state index in [0.717, 1.165) is 28.1 Å². The lowest BCUT2D eigenvalue weighted by Crippen LogP contribution is -2.12. The van der Waals surface area contributed by atoms with Crippen LogP contribution in [0, 0.1) is 5.82 Å². The predicted molar refractivity (Wildman–Crippen MR) is 118 cm³/mol. The smallest absolute Gasteiger partial charge is 0.233 e. The molecule has 1 unspecified atom stereocenters. The molecule has 0 aliphatic carbocycles. The van der Waals surface area contributed by atoms with Crippen LogP contribution in [0.15, 0.2) is 42.7 Å². The van der Waals surface area contributed by atoms with Crippen LogP contribution >= 0.6 is 0 Å². The summed E-state index contributed by atoms with van der Waals surface area (Å²) in [7, 11) is 1.57. The average molecular weight is 434 g/mol. The maximum atomic E-state index is 14.3. The molecule has 9 heteroatoms. The number of nitrogen functional groups attached to an aromatic ring is 1. The molecule has 1 aliphatic heterocycles. The van der Waals surface area contributed by atoms with Crippen LogP contribution in [0.4, 0.5) is 10.2 Å². The van der Waals surface area contributed by atoms with Gasteiger partial charge in [-0.3, -0.25) is 9.36 Å². The zero-order valence-electron chi connectivity index (χ0n) is 18.0. The average Bonchev–Trinajstić information content (AvgIpc) is 3.38. The fourth-order valence-corrected chi connectivity index (χ4v) is 4.14. The molecule has 0 saturated carbocycles. The van der Waals surface area contributed by atoms with Crippen LogP contribution in [0.1, 0.15) is 31.1 Å². The van der Waals surface area contributed by atoms with Crippen LogP contribution in [0.2, 0.25) is 0 Å². The predicted octanol–water partition coefficient (Wildman–Crippen LogP) is 4.06. The number of fused-ring (bicyclic) bond motifs is 7. The molecule has 2 bridgehead atoms. The lowest BCUT2D eigenvalue weighted by Gasteiger charge is -2.21. The zero-order valence-corrected chi connectivity index (χ0v) is 18.0. The minimum Gasteiger partial charge on any atom is -0.482 e. The molecule has 3 aromatic heterocycles. The first kappa shape index (κ1) is 20.0. The van der Waals surface area contributed by atoms with E-state index >= 15 is 0 Å². The summed E-state index contributed by atoms with van der Waals surface area (Å²) < 4.78 is 29.6. The van der Waals surface area contributed by atoms with Crippen molar-refractivity contribution in [2.45, 2.75) is 33.0 Å². The largest absolute Gasteiger partial charge is 0.482 e. The van der Waals surface area contributed by atoms with Gasteiger partial charge in [-0.05, 0) is 38.1 Å². The summed E-state index contributed by atoms with van der Waals surface area (Å²) in [4.78, 5) is 4.35. The van der Waals surface area contributed by atoms with E-state index in [0.29, 0.717) is 30.3 Å². The van der Waals surface area contributed by atoms with Gasteiger partial charge in [-0.25, -0.2) is 9.37 Å². The third kappa shape index (κ3) is 3.26. The molecule has 0 spiro atoms. The monoisotopic (exact) mass is 434 g/mol. The highest BCUT2D eigenvalue weighted by Crippen LogP contribution is 2.38. The third-order valence-corrected chi connectivity index (χ3v) is 5.69. The molecular weight excluding hydrogens is 411 g/mol. The molecule has 2 N–H and O–H groups in total. The summed E-state index contributed by atoms with van der Waals surface area (Å²) in [6.45, 7) is 5.01. The number of hydrogen-bond donors (Lipinski definition) is 1. The number of nitrogens with zero attached hydrogens (tertiary/aromatic N) is 5. The second-order valence-corrected chi connectivity index (χ2v) is 7.66. The van der Waals surface area contributed by atoms with Gasteiger partial charge >= 0.3 is 0 Å². The minimum absolute atomic E-state index is 0.270. The van der Waals surface area contributed by atoms with Crippen LogP contribution in [0.25, 0.3) is 22.5 Å². The van der Waals surface area contributed by atoms with Crippen molar-refractivity contribution in [3.8, 4) is 34.1 Å². The van der Waals surface area contributed by atoms with E-state index in [1.165, 1.54) is 12.1 Å². The maximum absolute atomic E-state index is 14.3. The van der Waals surface area contributed by atoms with Crippen molar-refractivity contribution in [3.63, 3.8) is 0 Å². The van der Waals surface area contributed by atoms with Gasteiger partial charge in [-0.1, -0.05) is 0 Å². The Hall–Kier alpha value is -3.88. The van der Waals surface area contributed by atoms with Crippen LogP contribution in [0.3, 0.4) is 0 Å². The van der Waals surface area contributed by atoms with E-state index in [1.54, 1.807) is 19.4 Å². The molecule has 0 radical (unpaired) electrons. The summed E-state index contributed by atoms with van der Waals surface area (Å²) in [5.41, 5.74) is 11.1. The summed E-state index contributed by atoms with van der Waals surface area (Å²) in [5, 5.41) is 9.16. The van der Waals surface area contributed by atoms with Gasteiger partial charge < -0.3 is 15.2 Å². The number of hydrogen-bond acceptors (Lipinski definition) is 6. The van der Waals surface area contributed by atoms with Crippen molar-refractivity contribution in [3.05, 3.63) is 59.7 Å². The number of nitrogens with two attached hydrogens (primary N) is 1. The molecule has 1 aliphatic rings. The maximum Gasteiger partial charge on any atom is 0.233 e. The van der Waals surface area contributed by atoms with Crippen LogP contribution in [-0.4, -0.2) is 31.7 Å². The van der Waals surface area contributed by atoms with Crippen LogP contribution in [0.5, 0.6) is 11.6 Å². The van der Waals surface area contributed by atoms with Gasteiger partial charge in [-0.2, -0.15) is 5.10 Å². The number of aromatic nitrogens is 5. The third-order valence-electron chi connectivity index (χ3n) is 5.69. The van der Waals surface area contributed by atoms with Gasteiger partial charge in [0, 0.05) is 41.1 Å². The lowest BCUT2D eigenvalue weighted by molar-refractivity contribution is 0.227. The topological polar surface area (TPSA) is 93.0 Å². The van der Waals surface area contributed by atoms with Crippen molar-refractivity contribution in [1.82, 2.24) is 24.5 Å². The molecule has 0 fully saturated rings. The number of pyridine rings is 1. The van der Waals surface area contributed by atoms with E-state index in [1.807, 2.05) is 41.5 Å². The highest BCUT2D eigenvalue weighted by Gasteiger charge is 2.24. The van der Waals surface area contributed by atoms with Crippen molar-refractivity contribution in [2.24, 2.45) is 0 Å². The Morgan fingerprint density at radius 1 is 1.25 bits per heavy atom. The fourth-order valence-electron chi connectivity index (χ4n) is 4.14. The van der Waals surface area contributed by atoms with Crippen molar-refractivity contribution in [1.29, 1.82) is 0 Å². The van der Waals surface area contributed by atoms with Crippen LogP contribution in [-0.2, 0) is 13.1 Å².